The Morgan fingerprint density at radius 2 is 2.23 bits per heavy atom. The van der Waals surface area contributed by atoms with E-state index in [0.717, 1.165) is 19.5 Å². The molecule has 78 valence electrons. The summed E-state index contributed by atoms with van der Waals surface area (Å²) in [6, 6.07) is 0.101. The van der Waals surface area contributed by atoms with Crippen LogP contribution in [0, 0.1) is 5.92 Å². The van der Waals surface area contributed by atoms with Crippen LogP contribution < -0.4 is 10.0 Å². The van der Waals surface area contributed by atoms with Gasteiger partial charge in [0.15, 0.2) is 0 Å². The van der Waals surface area contributed by atoms with Crippen molar-refractivity contribution in [2.24, 2.45) is 5.92 Å². The first-order chi connectivity index (χ1) is 5.99. The first-order valence-electron chi connectivity index (χ1n) is 4.70. The summed E-state index contributed by atoms with van der Waals surface area (Å²) < 4.78 is 25.6. The molecule has 0 radical (unpaired) electrons. The minimum absolute atomic E-state index is 0.101. The molecule has 1 heterocycles. The van der Waals surface area contributed by atoms with Crippen molar-refractivity contribution in [3.63, 3.8) is 0 Å². The van der Waals surface area contributed by atoms with E-state index in [1.165, 1.54) is 0 Å². The van der Waals surface area contributed by atoms with E-state index in [1.54, 1.807) is 0 Å². The van der Waals surface area contributed by atoms with Crippen LogP contribution in [0.4, 0.5) is 0 Å². The molecule has 0 aromatic heterocycles. The Bertz CT molecular complexity index is 243. The van der Waals surface area contributed by atoms with E-state index in [9.17, 15) is 8.42 Å². The molecule has 1 unspecified atom stereocenters. The number of hydrogen-bond donors (Lipinski definition) is 2. The summed E-state index contributed by atoms with van der Waals surface area (Å²) in [4.78, 5) is 0. The van der Waals surface area contributed by atoms with E-state index >= 15 is 0 Å². The van der Waals surface area contributed by atoms with Crippen molar-refractivity contribution in [3.05, 3.63) is 0 Å². The van der Waals surface area contributed by atoms with Crippen molar-refractivity contribution in [2.75, 3.05) is 18.8 Å². The molecule has 13 heavy (non-hydrogen) atoms. The van der Waals surface area contributed by atoms with Crippen LogP contribution in [-0.4, -0.2) is 33.3 Å². The maximum absolute atomic E-state index is 11.5. The second-order valence-corrected chi connectivity index (χ2v) is 5.78. The molecule has 2 N–H and O–H groups in total. The molecule has 0 aromatic carbocycles. The smallest absolute Gasteiger partial charge is 0.212 e. The molecule has 0 saturated carbocycles. The van der Waals surface area contributed by atoms with Crippen LogP contribution in [0.3, 0.4) is 0 Å². The van der Waals surface area contributed by atoms with Gasteiger partial charge in [-0.15, -0.1) is 0 Å². The second kappa shape index (κ2) is 4.39. The van der Waals surface area contributed by atoms with Gasteiger partial charge in [-0.3, -0.25) is 0 Å². The van der Waals surface area contributed by atoms with E-state index in [-0.39, 0.29) is 17.7 Å². The Labute approximate surface area is 80.1 Å². The second-order valence-electron chi connectivity index (χ2n) is 3.98. The zero-order valence-corrected chi connectivity index (χ0v) is 9.02. The van der Waals surface area contributed by atoms with Crippen LogP contribution >= 0.6 is 0 Å². The quantitative estimate of drug-likeness (QED) is 0.676. The summed E-state index contributed by atoms with van der Waals surface area (Å²) in [6.07, 6.45) is 0.900. The lowest BCUT2D eigenvalue weighted by Crippen LogP contribution is -2.38. The first-order valence-corrected chi connectivity index (χ1v) is 6.35. The van der Waals surface area contributed by atoms with Crippen molar-refractivity contribution < 1.29 is 8.42 Å². The van der Waals surface area contributed by atoms with Gasteiger partial charge in [0.1, 0.15) is 0 Å². The molecule has 1 atom stereocenters. The highest BCUT2D eigenvalue weighted by Crippen LogP contribution is 2.03. The molecule has 0 amide bonds. The van der Waals surface area contributed by atoms with Gasteiger partial charge >= 0.3 is 0 Å². The highest BCUT2D eigenvalue weighted by Gasteiger charge is 2.21. The van der Waals surface area contributed by atoms with Crippen LogP contribution in [0.25, 0.3) is 0 Å². The van der Waals surface area contributed by atoms with Crippen LogP contribution in [0.15, 0.2) is 0 Å². The minimum atomic E-state index is -3.05. The third kappa shape index (κ3) is 4.06. The summed E-state index contributed by atoms with van der Waals surface area (Å²) in [5.41, 5.74) is 0. The first kappa shape index (κ1) is 10.9. The lowest BCUT2D eigenvalue weighted by molar-refractivity contribution is 0.549. The molecule has 1 aliphatic rings. The zero-order valence-electron chi connectivity index (χ0n) is 8.21. The van der Waals surface area contributed by atoms with Gasteiger partial charge in [0.05, 0.1) is 5.75 Å². The van der Waals surface area contributed by atoms with E-state index < -0.39 is 10.0 Å². The highest BCUT2D eigenvalue weighted by molar-refractivity contribution is 7.89. The van der Waals surface area contributed by atoms with Gasteiger partial charge in [-0.25, -0.2) is 13.1 Å². The van der Waals surface area contributed by atoms with Gasteiger partial charge in [0, 0.05) is 12.6 Å². The Balaban J connectivity index is 2.41. The van der Waals surface area contributed by atoms with Gasteiger partial charge < -0.3 is 5.32 Å². The maximum Gasteiger partial charge on any atom is 0.212 e. The largest absolute Gasteiger partial charge is 0.315 e. The molecule has 0 bridgehead atoms. The van der Waals surface area contributed by atoms with Crippen molar-refractivity contribution in [2.45, 2.75) is 26.3 Å². The fourth-order valence-electron chi connectivity index (χ4n) is 1.50. The van der Waals surface area contributed by atoms with Crippen LogP contribution in [0.1, 0.15) is 20.3 Å². The average Bonchev–Trinajstić information content (AvgIpc) is 2.34. The maximum atomic E-state index is 11.5. The topological polar surface area (TPSA) is 58.2 Å². The monoisotopic (exact) mass is 206 g/mol. The highest BCUT2D eigenvalue weighted by atomic mass is 32.2. The van der Waals surface area contributed by atoms with Crippen molar-refractivity contribution >= 4 is 10.0 Å². The number of sulfonamides is 1. The third-order valence-electron chi connectivity index (χ3n) is 1.96. The fraction of sp³-hybridized carbons (Fsp3) is 1.00. The third-order valence-corrected chi connectivity index (χ3v) is 3.76. The lowest BCUT2D eigenvalue weighted by atomic mass is 10.3. The summed E-state index contributed by atoms with van der Waals surface area (Å²) in [5.74, 6) is 0.413. The summed E-state index contributed by atoms with van der Waals surface area (Å²) in [5, 5.41) is 3.12. The van der Waals surface area contributed by atoms with Crippen LogP contribution in [0.5, 0.6) is 0 Å². The summed E-state index contributed by atoms with van der Waals surface area (Å²) in [7, 11) is -3.05. The van der Waals surface area contributed by atoms with Crippen molar-refractivity contribution in [1.82, 2.24) is 10.0 Å². The normalized spacial score (nSPS) is 24.1. The Hall–Kier alpha value is -0.130. The van der Waals surface area contributed by atoms with Crippen LogP contribution in [-0.2, 0) is 10.0 Å². The summed E-state index contributed by atoms with van der Waals surface area (Å²) in [6.45, 7) is 5.49. The fourth-order valence-corrected chi connectivity index (χ4v) is 3.18. The minimum Gasteiger partial charge on any atom is -0.315 e. The molecule has 0 aliphatic carbocycles. The van der Waals surface area contributed by atoms with Gasteiger partial charge in [-0.05, 0) is 18.9 Å². The Morgan fingerprint density at radius 1 is 1.54 bits per heavy atom. The molecule has 1 saturated heterocycles. The van der Waals surface area contributed by atoms with Gasteiger partial charge in [0.2, 0.25) is 10.0 Å². The molecule has 5 heteroatoms. The van der Waals surface area contributed by atoms with Crippen LogP contribution in [0.2, 0.25) is 0 Å². The molecule has 1 fully saturated rings. The standard InChI is InChI=1S/C8H18N2O2S/c1-7(2)6-13(11,12)10-8-3-4-9-5-8/h7-10H,3-6H2,1-2H3. The van der Waals surface area contributed by atoms with Gasteiger partial charge in [-0.2, -0.15) is 0 Å². The molecule has 0 aromatic rings. The number of rotatable bonds is 4. The molecule has 0 spiro atoms. The van der Waals surface area contributed by atoms with Gasteiger partial charge in [-0.1, -0.05) is 13.8 Å². The van der Waals surface area contributed by atoms with Gasteiger partial charge in [0.25, 0.3) is 0 Å². The van der Waals surface area contributed by atoms with E-state index in [2.05, 4.69) is 10.0 Å². The zero-order chi connectivity index (χ0) is 9.90. The number of hydrogen-bond acceptors (Lipinski definition) is 3. The molecular weight excluding hydrogens is 188 g/mol. The van der Waals surface area contributed by atoms with E-state index in [0.29, 0.717) is 0 Å². The van der Waals surface area contributed by atoms with Crippen molar-refractivity contribution in [1.29, 1.82) is 0 Å². The number of nitrogens with one attached hydrogen (secondary N) is 2. The molecule has 1 rings (SSSR count). The van der Waals surface area contributed by atoms with E-state index in [4.69, 9.17) is 0 Å². The Kier molecular flexibility index (Phi) is 3.70. The molecule has 4 nitrogen and oxygen atoms in total. The average molecular weight is 206 g/mol. The molecule has 1 aliphatic heterocycles. The Morgan fingerprint density at radius 3 is 2.69 bits per heavy atom. The summed E-state index contributed by atoms with van der Waals surface area (Å²) >= 11 is 0. The predicted octanol–water partition coefficient (Wildman–Crippen LogP) is -0.0763. The van der Waals surface area contributed by atoms with Crippen molar-refractivity contribution in [3.8, 4) is 0 Å². The SMILES string of the molecule is CC(C)CS(=O)(=O)NC1CCNC1. The van der Waals surface area contributed by atoms with E-state index in [1.807, 2.05) is 13.8 Å². The molecular formula is C8H18N2O2S. The predicted molar refractivity (Wildman–Crippen MR) is 53.0 cm³/mol. The lowest BCUT2D eigenvalue weighted by Gasteiger charge is -2.13.